The molecule has 1 heterocycles. The zero-order chi connectivity index (χ0) is 30.2. The van der Waals surface area contributed by atoms with Gasteiger partial charge < -0.3 is 19.3 Å². The Morgan fingerprint density at radius 2 is 1.71 bits per heavy atom. The predicted molar refractivity (Wildman–Crippen MR) is 157 cm³/mol. The van der Waals surface area contributed by atoms with E-state index in [2.05, 4.69) is 48.5 Å². The minimum atomic E-state index is -0.578. The second-order valence-corrected chi connectivity index (χ2v) is 17.4. The van der Waals surface area contributed by atoms with Crippen LogP contribution in [0.4, 0.5) is 0 Å². The van der Waals surface area contributed by atoms with Crippen LogP contribution in [0.2, 0.25) is 0 Å². The molecular formula is C35H56O6. The molecule has 232 valence electrons. The fourth-order valence-corrected chi connectivity index (χ4v) is 12.8. The normalized spacial score (nSPS) is 51.1. The molecule has 5 aliphatic carbocycles. The third-order valence-electron chi connectivity index (χ3n) is 14.4. The van der Waals surface area contributed by atoms with Crippen LogP contribution in [0, 0.1) is 50.7 Å². The standard InChI is InChI=1S/C35H56O6/c1-20(11-12-26-30(5,6)41-31(7,8)40-26)27-23(39-21(2)36)18-33(10)24-17-22(37)28-29(3,4)25(38)13-14-35(28)19-34(24,35)16-15-32(27,33)9/h20,22-24,26-28,37H,11-19H2,1-10H3/t20-,22+,23+,24+,26-,27+,28+,32-,33+,34+,35-/m1/s1. The Balaban J connectivity index is 1.30. The van der Waals surface area contributed by atoms with E-state index in [1.807, 2.05) is 13.8 Å². The first kappa shape index (κ1) is 30.1. The highest BCUT2D eigenvalue weighted by molar-refractivity contribution is 5.86. The molecule has 0 radical (unpaired) electrons. The van der Waals surface area contributed by atoms with E-state index in [0.29, 0.717) is 24.0 Å². The maximum atomic E-state index is 13.1. The average molecular weight is 573 g/mol. The summed E-state index contributed by atoms with van der Waals surface area (Å²) in [6, 6.07) is 0. The zero-order valence-corrected chi connectivity index (χ0v) is 27.4. The molecule has 5 saturated carbocycles. The lowest BCUT2D eigenvalue weighted by atomic mass is 9.41. The number of hydrogen-bond acceptors (Lipinski definition) is 6. The van der Waals surface area contributed by atoms with Gasteiger partial charge in [0.1, 0.15) is 11.9 Å². The van der Waals surface area contributed by atoms with Crippen molar-refractivity contribution in [2.45, 2.75) is 157 Å². The van der Waals surface area contributed by atoms with Crippen LogP contribution in [0.1, 0.15) is 127 Å². The third kappa shape index (κ3) is 3.91. The molecule has 6 heteroatoms. The van der Waals surface area contributed by atoms with Crippen molar-refractivity contribution in [1.29, 1.82) is 0 Å². The van der Waals surface area contributed by atoms with Gasteiger partial charge in [-0.05, 0) is 113 Å². The molecule has 0 aromatic carbocycles. The van der Waals surface area contributed by atoms with E-state index in [1.165, 1.54) is 0 Å². The van der Waals surface area contributed by atoms with Crippen LogP contribution < -0.4 is 0 Å². The van der Waals surface area contributed by atoms with Crippen molar-refractivity contribution < 1.29 is 28.9 Å². The van der Waals surface area contributed by atoms with Gasteiger partial charge in [0.05, 0.1) is 17.8 Å². The molecular weight excluding hydrogens is 516 g/mol. The second kappa shape index (κ2) is 8.81. The summed E-state index contributed by atoms with van der Waals surface area (Å²) in [5.41, 5.74) is -0.564. The third-order valence-corrected chi connectivity index (χ3v) is 14.4. The van der Waals surface area contributed by atoms with Crippen molar-refractivity contribution in [3.63, 3.8) is 0 Å². The van der Waals surface area contributed by atoms with Crippen LogP contribution in [-0.2, 0) is 23.8 Å². The minimum Gasteiger partial charge on any atom is -0.462 e. The average Bonchev–Trinajstić information content (AvgIpc) is 3.33. The Labute approximate surface area is 248 Å². The van der Waals surface area contributed by atoms with E-state index in [0.717, 1.165) is 51.4 Å². The Morgan fingerprint density at radius 3 is 2.32 bits per heavy atom. The quantitative estimate of drug-likeness (QED) is 0.363. The first-order valence-corrected chi connectivity index (χ1v) is 16.5. The highest BCUT2D eigenvalue weighted by Gasteiger charge is 2.84. The van der Waals surface area contributed by atoms with Crippen molar-refractivity contribution >= 4 is 11.8 Å². The molecule has 0 bridgehead atoms. The number of carbonyl (C=O) groups is 2. The molecule has 0 unspecified atom stereocenters. The number of carbonyl (C=O) groups excluding carboxylic acids is 2. The highest BCUT2D eigenvalue weighted by atomic mass is 16.8. The van der Waals surface area contributed by atoms with Gasteiger partial charge in [-0.15, -0.1) is 0 Å². The van der Waals surface area contributed by atoms with Gasteiger partial charge in [-0.25, -0.2) is 0 Å². The van der Waals surface area contributed by atoms with Crippen molar-refractivity contribution in [3.8, 4) is 0 Å². The Bertz CT molecular complexity index is 1130. The van der Waals surface area contributed by atoms with E-state index >= 15 is 0 Å². The molecule has 1 N–H and O–H groups in total. The lowest BCUT2D eigenvalue weighted by Gasteiger charge is -2.63. The minimum absolute atomic E-state index is 0.000608. The van der Waals surface area contributed by atoms with Gasteiger partial charge in [0.15, 0.2) is 5.79 Å². The molecule has 0 aromatic rings. The van der Waals surface area contributed by atoms with Crippen molar-refractivity contribution in [1.82, 2.24) is 0 Å². The number of esters is 1. The molecule has 6 aliphatic rings. The largest absolute Gasteiger partial charge is 0.462 e. The summed E-state index contributed by atoms with van der Waals surface area (Å²) in [5, 5.41) is 11.8. The number of aliphatic hydroxyl groups excluding tert-OH is 1. The second-order valence-electron chi connectivity index (χ2n) is 17.4. The van der Waals surface area contributed by atoms with Crippen LogP contribution in [0.25, 0.3) is 0 Å². The molecule has 6 fully saturated rings. The van der Waals surface area contributed by atoms with Crippen molar-refractivity contribution in [2.75, 3.05) is 0 Å². The smallest absolute Gasteiger partial charge is 0.302 e. The number of Topliss-reactive ketones (excluding diaryl/α,β-unsaturated/α-hetero) is 1. The molecule has 0 aromatic heterocycles. The lowest BCUT2D eigenvalue weighted by Crippen LogP contribution is -2.60. The molecule has 1 saturated heterocycles. The Hall–Kier alpha value is -0.980. The zero-order valence-electron chi connectivity index (χ0n) is 27.4. The van der Waals surface area contributed by atoms with Gasteiger partial charge in [0.25, 0.3) is 0 Å². The van der Waals surface area contributed by atoms with Gasteiger partial charge in [-0.2, -0.15) is 0 Å². The van der Waals surface area contributed by atoms with Crippen LogP contribution in [0.5, 0.6) is 0 Å². The molecule has 41 heavy (non-hydrogen) atoms. The van der Waals surface area contributed by atoms with Gasteiger partial charge in [0, 0.05) is 30.6 Å². The van der Waals surface area contributed by atoms with Gasteiger partial charge >= 0.3 is 5.97 Å². The van der Waals surface area contributed by atoms with E-state index in [1.54, 1.807) is 6.92 Å². The SMILES string of the molecule is CC(=O)O[C@H]1C[C@@]2(C)[C@@H]3C[C@H](O)[C@H]4C(C)(C)C(=O)CC[C@@]45C[C@@]35CC[C@]2(C)[C@H]1[C@H](C)CC[C@H]1OC(C)(C)OC1(C)C. The number of rotatable bonds is 5. The first-order chi connectivity index (χ1) is 18.8. The molecule has 0 amide bonds. The van der Waals surface area contributed by atoms with E-state index in [-0.39, 0.29) is 57.3 Å². The summed E-state index contributed by atoms with van der Waals surface area (Å²) in [6.45, 7) is 21.3. The summed E-state index contributed by atoms with van der Waals surface area (Å²) in [4.78, 5) is 25.5. The number of ketones is 1. The summed E-state index contributed by atoms with van der Waals surface area (Å²) in [7, 11) is 0. The molecule has 6 rings (SSSR count). The number of hydrogen-bond donors (Lipinski definition) is 1. The summed E-state index contributed by atoms with van der Waals surface area (Å²) in [6.07, 6.45) is 7.99. The Morgan fingerprint density at radius 1 is 1.02 bits per heavy atom. The number of ether oxygens (including phenoxy) is 3. The summed E-state index contributed by atoms with van der Waals surface area (Å²) in [5.74, 6) is 0.596. The van der Waals surface area contributed by atoms with E-state index in [9.17, 15) is 14.7 Å². The van der Waals surface area contributed by atoms with Crippen LogP contribution >= 0.6 is 0 Å². The number of aliphatic hydroxyl groups is 1. The predicted octanol–water partition coefficient (Wildman–Crippen LogP) is 6.85. The van der Waals surface area contributed by atoms with E-state index in [4.69, 9.17) is 14.2 Å². The maximum Gasteiger partial charge on any atom is 0.302 e. The fraction of sp³-hybridized carbons (Fsp3) is 0.943. The molecule has 11 atom stereocenters. The lowest BCUT2D eigenvalue weighted by molar-refractivity contribution is -0.183. The van der Waals surface area contributed by atoms with Crippen molar-refractivity contribution in [2.24, 2.45) is 50.7 Å². The fourth-order valence-electron chi connectivity index (χ4n) is 12.8. The highest BCUT2D eigenvalue weighted by Crippen LogP contribution is 2.88. The van der Waals surface area contributed by atoms with E-state index < -0.39 is 17.3 Å². The van der Waals surface area contributed by atoms with Gasteiger partial charge in [0.2, 0.25) is 0 Å². The first-order valence-electron chi connectivity index (χ1n) is 16.5. The van der Waals surface area contributed by atoms with Gasteiger partial charge in [-0.3, -0.25) is 9.59 Å². The van der Waals surface area contributed by atoms with Crippen molar-refractivity contribution in [3.05, 3.63) is 0 Å². The maximum absolute atomic E-state index is 13.1. The number of fused-ring (bicyclic) bond motifs is 2. The molecule has 6 nitrogen and oxygen atoms in total. The summed E-state index contributed by atoms with van der Waals surface area (Å²) >= 11 is 0. The summed E-state index contributed by atoms with van der Waals surface area (Å²) < 4.78 is 18.8. The van der Waals surface area contributed by atoms with Crippen LogP contribution in [-0.4, -0.2) is 46.6 Å². The van der Waals surface area contributed by atoms with Gasteiger partial charge in [-0.1, -0.05) is 34.6 Å². The molecule has 2 spiro atoms. The molecule has 1 aliphatic heterocycles. The topological polar surface area (TPSA) is 82.1 Å². The Kier molecular flexibility index (Phi) is 6.46. The van der Waals surface area contributed by atoms with Crippen LogP contribution in [0.3, 0.4) is 0 Å². The monoisotopic (exact) mass is 572 g/mol. The van der Waals surface area contributed by atoms with Crippen LogP contribution in [0.15, 0.2) is 0 Å².